The van der Waals surface area contributed by atoms with Crippen LogP contribution in [0.5, 0.6) is 0 Å². The first kappa shape index (κ1) is 16.5. The van der Waals surface area contributed by atoms with Gasteiger partial charge in [0.2, 0.25) is 5.91 Å². The average Bonchev–Trinajstić information content (AvgIpc) is 2.38. The van der Waals surface area contributed by atoms with Gasteiger partial charge < -0.3 is 11.1 Å². The molecule has 1 amide bonds. The second kappa shape index (κ2) is 7.90. The summed E-state index contributed by atoms with van der Waals surface area (Å²) < 4.78 is 0. The molecular formula is C16H27N3O. The van der Waals surface area contributed by atoms with E-state index in [2.05, 4.69) is 37.9 Å². The van der Waals surface area contributed by atoms with Crippen LogP contribution in [0.15, 0.2) is 24.3 Å². The van der Waals surface area contributed by atoms with Crippen molar-refractivity contribution < 1.29 is 4.79 Å². The monoisotopic (exact) mass is 277 g/mol. The van der Waals surface area contributed by atoms with E-state index in [-0.39, 0.29) is 5.91 Å². The van der Waals surface area contributed by atoms with E-state index < -0.39 is 0 Å². The Bertz CT molecular complexity index is 412. The largest absolute Gasteiger partial charge is 0.399 e. The van der Waals surface area contributed by atoms with E-state index in [0.717, 1.165) is 18.8 Å². The van der Waals surface area contributed by atoms with E-state index in [1.165, 1.54) is 5.56 Å². The molecule has 1 rings (SSSR count). The lowest BCUT2D eigenvalue weighted by Gasteiger charge is -2.26. The molecule has 0 unspecified atom stereocenters. The number of benzene rings is 1. The van der Waals surface area contributed by atoms with Crippen molar-refractivity contribution in [3.8, 4) is 0 Å². The predicted molar refractivity (Wildman–Crippen MR) is 84.2 cm³/mol. The molecular weight excluding hydrogens is 250 g/mol. The number of carbonyl (C=O) groups is 1. The van der Waals surface area contributed by atoms with Crippen molar-refractivity contribution >= 4 is 11.6 Å². The first-order chi connectivity index (χ1) is 9.38. The van der Waals surface area contributed by atoms with E-state index in [1.807, 2.05) is 24.3 Å². The Morgan fingerprint density at radius 1 is 1.20 bits per heavy atom. The van der Waals surface area contributed by atoms with E-state index in [1.54, 1.807) is 0 Å². The van der Waals surface area contributed by atoms with Crippen LogP contribution in [-0.2, 0) is 11.3 Å². The summed E-state index contributed by atoms with van der Waals surface area (Å²) in [5, 5.41) is 2.96. The molecule has 1 aromatic carbocycles. The van der Waals surface area contributed by atoms with E-state index in [9.17, 15) is 4.79 Å². The van der Waals surface area contributed by atoms with Gasteiger partial charge in [-0.1, -0.05) is 26.0 Å². The van der Waals surface area contributed by atoms with Crippen molar-refractivity contribution in [1.82, 2.24) is 10.2 Å². The number of nitrogens with one attached hydrogen (secondary N) is 1. The van der Waals surface area contributed by atoms with Gasteiger partial charge in [-0.05, 0) is 37.5 Å². The molecule has 0 radical (unpaired) electrons. The maximum atomic E-state index is 11.9. The van der Waals surface area contributed by atoms with Gasteiger partial charge in [-0.3, -0.25) is 9.69 Å². The van der Waals surface area contributed by atoms with E-state index in [0.29, 0.717) is 18.5 Å². The molecule has 0 fully saturated rings. The maximum absolute atomic E-state index is 11.9. The molecule has 0 bridgehead atoms. The fourth-order valence-electron chi connectivity index (χ4n) is 1.84. The van der Waals surface area contributed by atoms with Crippen molar-refractivity contribution in [2.75, 3.05) is 18.8 Å². The topological polar surface area (TPSA) is 58.4 Å². The summed E-state index contributed by atoms with van der Waals surface area (Å²) in [6.45, 7) is 10.3. The molecule has 0 spiro atoms. The van der Waals surface area contributed by atoms with Gasteiger partial charge in [-0.2, -0.15) is 0 Å². The number of anilines is 1. The molecule has 1 aromatic rings. The fraction of sp³-hybridized carbons (Fsp3) is 0.562. The summed E-state index contributed by atoms with van der Waals surface area (Å²) in [5.41, 5.74) is 7.62. The number of nitrogens with zero attached hydrogens (tertiary/aromatic N) is 1. The molecule has 0 aliphatic carbocycles. The van der Waals surface area contributed by atoms with Crippen LogP contribution in [0.2, 0.25) is 0 Å². The molecule has 20 heavy (non-hydrogen) atoms. The Kier molecular flexibility index (Phi) is 6.52. The van der Waals surface area contributed by atoms with Crippen molar-refractivity contribution in [2.45, 2.75) is 40.3 Å². The smallest absolute Gasteiger partial charge is 0.234 e. The van der Waals surface area contributed by atoms with E-state index in [4.69, 9.17) is 5.73 Å². The number of nitrogen functional groups attached to an aromatic ring is 1. The van der Waals surface area contributed by atoms with Crippen LogP contribution in [-0.4, -0.2) is 29.9 Å². The summed E-state index contributed by atoms with van der Waals surface area (Å²) in [7, 11) is 0. The van der Waals surface area contributed by atoms with Gasteiger partial charge in [0.25, 0.3) is 0 Å². The number of rotatable bonds is 7. The highest BCUT2D eigenvalue weighted by Gasteiger charge is 2.14. The standard InChI is InChI=1S/C16H27N3O/c1-12(2)9-18-16(20)11-19(13(3)4)10-14-5-7-15(17)8-6-14/h5-8,12-13H,9-11,17H2,1-4H3,(H,18,20). The van der Waals surface area contributed by atoms with Gasteiger partial charge in [-0.25, -0.2) is 0 Å². The molecule has 112 valence electrons. The van der Waals surface area contributed by atoms with Crippen LogP contribution >= 0.6 is 0 Å². The zero-order valence-electron chi connectivity index (χ0n) is 13.0. The van der Waals surface area contributed by atoms with Gasteiger partial charge in [0, 0.05) is 24.8 Å². The Morgan fingerprint density at radius 2 is 1.80 bits per heavy atom. The van der Waals surface area contributed by atoms with Crippen molar-refractivity contribution in [3.63, 3.8) is 0 Å². The lowest BCUT2D eigenvalue weighted by atomic mass is 10.1. The molecule has 0 atom stereocenters. The molecule has 3 N–H and O–H groups in total. The quantitative estimate of drug-likeness (QED) is 0.752. The zero-order chi connectivity index (χ0) is 15.1. The third-order valence-corrected chi connectivity index (χ3v) is 3.15. The second-order valence-electron chi connectivity index (χ2n) is 5.94. The molecule has 0 saturated carbocycles. The van der Waals surface area contributed by atoms with Crippen LogP contribution in [0.4, 0.5) is 5.69 Å². The summed E-state index contributed by atoms with van der Waals surface area (Å²) in [6.07, 6.45) is 0. The highest BCUT2D eigenvalue weighted by atomic mass is 16.2. The third kappa shape index (κ3) is 6.06. The molecule has 4 nitrogen and oxygen atoms in total. The molecule has 0 aliphatic heterocycles. The summed E-state index contributed by atoms with van der Waals surface area (Å²) in [6, 6.07) is 8.13. The van der Waals surface area contributed by atoms with Crippen LogP contribution < -0.4 is 11.1 Å². The minimum Gasteiger partial charge on any atom is -0.399 e. The molecule has 0 heterocycles. The van der Waals surface area contributed by atoms with Crippen molar-refractivity contribution in [2.24, 2.45) is 5.92 Å². The highest BCUT2D eigenvalue weighted by Crippen LogP contribution is 2.10. The Balaban J connectivity index is 2.56. The van der Waals surface area contributed by atoms with Crippen LogP contribution in [0.1, 0.15) is 33.3 Å². The van der Waals surface area contributed by atoms with Gasteiger partial charge in [0.1, 0.15) is 0 Å². The molecule has 0 aliphatic rings. The molecule has 0 saturated heterocycles. The summed E-state index contributed by atoms with van der Waals surface area (Å²) in [4.78, 5) is 14.1. The Labute approximate surface area is 122 Å². The fourth-order valence-corrected chi connectivity index (χ4v) is 1.84. The lowest BCUT2D eigenvalue weighted by molar-refractivity contribution is -0.123. The van der Waals surface area contributed by atoms with E-state index >= 15 is 0 Å². The maximum Gasteiger partial charge on any atom is 0.234 e. The third-order valence-electron chi connectivity index (χ3n) is 3.15. The average molecular weight is 277 g/mol. The number of nitrogens with two attached hydrogens (primary N) is 1. The van der Waals surface area contributed by atoms with Gasteiger partial charge in [0.05, 0.1) is 6.54 Å². The summed E-state index contributed by atoms with van der Waals surface area (Å²) >= 11 is 0. The molecule has 4 heteroatoms. The van der Waals surface area contributed by atoms with Gasteiger partial charge in [-0.15, -0.1) is 0 Å². The normalized spacial score (nSPS) is 11.3. The van der Waals surface area contributed by atoms with Gasteiger partial charge >= 0.3 is 0 Å². The number of hydrogen-bond donors (Lipinski definition) is 2. The van der Waals surface area contributed by atoms with Crippen molar-refractivity contribution in [1.29, 1.82) is 0 Å². The predicted octanol–water partition coefficient (Wildman–Crippen LogP) is 2.25. The minimum absolute atomic E-state index is 0.0860. The Morgan fingerprint density at radius 3 is 2.30 bits per heavy atom. The minimum atomic E-state index is 0.0860. The highest BCUT2D eigenvalue weighted by molar-refractivity contribution is 5.78. The zero-order valence-corrected chi connectivity index (χ0v) is 13.0. The van der Waals surface area contributed by atoms with Gasteiger partial charge in [0.15, 0.2) is 0 Å². The number of carbonyl (C=O) groups excluding carboxylic acids is 1. The summed E-state index contributed by atoms with van der Waals surface area (Å²) in [5.74, 6) is 0.561. The first-order valence-electron chi connectivity index (χ1n) is 7.23. The second-order valence-corrected chi connectivity index (χ2v) is 5.94. The number of amides is 1. The van der Waals surface area contributed by atoms with Crippen molar-refractivity contribution in [3.05, 3.63) is 29.8 Å². The van der Waals surface area contributed by atoms with Crippen LogP contribution in [0, 0.1) is 5.92 Å². The Hall–Kier alpha value is -1.55. The SMILES string of the molecule is CC(C)CNC(=O)CN(Cc1ccc(N)cc1)C(C)C. The first-order valence-corrected chi connectivity index (χ1v) is 7.23. The molecule has 0 aromatic heterocycles. The van der Waals surface area contributed by atoms with Crippen LogP contribution in [0.3, 0.4) is 0 Å². The lowest BCUT2D eigenvalue weighted by Crippen LogP contribution is -2.41. The number of hydrogen-bond acceptors (Lipinski definition) is 3. The van der Waals surface area contributed by atoms with Crippen LogP contribution in [0.25, 0.3) is 0 Å².